The first-order valence-corrected chi connectivity index (χ1v) is 7.80. The first kappa shape index (κ1) is 17.4. The van der Waals surface area contributed by atoms with Gasteiger partial charge in [0.15, 0.2) is 5.96 Å². The average Bonchev–Trinajstić information content (AvgIpc) is 2.52. The molecule has 1 aromatic heterocycles. The summed E-state index contributed by atoms with van der Waals surface area (Å²) in [5.74, 6) is 0.520. The number of nitrogens with one attached hydrogen (secondary N) is 1. The fourth-order valence-electron chi connectivity index (χ4n) is 2.05. The van der Waals surface area contributed by atoms with Gasteiger partial charge in [0.2, 0.25) is 0 Å². The number of hydrogen-bond donors (Lipinski definition) is 3. The Hall–Kier alpha value is -1.62. The van der Waals surface area contributed by atoms with Gasteiger partial charge in [-0.25, -0.2) is 0 Å². The maximum absolute atomic E-state index is 9.42. The van der Waals surface area contributed by atoms with E-state index in [9.17, 15) is 5.11 Å². The van der Waals surface area contributed by atoms with Crippen LogP contribution in [0.2, 0.25) is 0 Å². The Bertz CT molecular complexity index is 395. The van der Waals surface area contributed by atoms with Crippen LogP contribution in [0.4, 0.5) is 0 Å². The van der Waals surface area contributed by atoms with E-state index >= 15 is 0 Å². The number of nitrogens with zero attached hydrogens (tertiary/aromatic N) is 2. The van der Waals surface area contributed by atoms with E-state index in [-0.39, 0.29) is 12.5 Å². The normalized spacial score (nSPS) is 13.1. The van der Waals surface area contributed by atoms with Crippen LogP contribution in [0.3, 0.4) is 0 Å². The summed E-state index contributed by atoms with van der Waals surface area (Å²) in [4.78, 5) is 8.57. The van der Waals surface area contributed by atoms with Crippen molar-refractivity contribution in [2.45, 2.75) is 39.0 Å². The first-order valence-electron chi connectivity index (χ1n) is 7.80. The van der Waals surface area contributed by atoms with Gasteiger partial charge in [-0.1, -0.05) is 32.3 Å². The minimum absolute atomic E-state index is 0.0559. The van der Waals surface area contributed by atoms with Crippen LogP contribution < -0.4 is 11.1 Å². The first-order chi connectivity index (χ1) is 10.3. The van der Waals surface area contributed by atoms with E-state index in [0.29, 0.717) is 18.9 Å². The molecule has 1 rings (SSSR count). The second kappa shape index (κ2) is 11.1. The van der Waals surface area contributed by atoms with Crippen molar-refractivity contribution in [3.05, 3.63) is 30.1 Å². The third-order valence-electron chi connectivity index (χ3n) is 3.34. The molecule has 4 N–H and O–H groups in total. The monoisotopic (exact) mass is 292 g/mol. The van der Waals surface area contributed by atoms with E-state index in [1.165, 1.54) is 19.3 Å². The van der Waals surface area contributed by atoms with Crippen LogP contribution in [-0.2, 0) is 6.42 Å². The molecule has 5 heteroatoms. The van der Waals surface area contributed by atoms with E-state index in [0.717, 1.165) is 18.7 Å². The third kappa shape index (κ3) is 8.30. The molecule has 1 heterocycles. The van der Waals surface area contributed by atoms with E-state index < -0.39 is 0 Å². The summed E-state index contributed by atoms with van der Waals surface area (Å²) in [6.07, 6.45) is 7.30. The maximum Gasteiger partial charge on any atom is 0.188 e. The summed E-state index contributed by atoms with van der Waals surface area (Å²) in [5.41, 5.74) is 6.80. The van der Waals surface area contributed by atoms with Gasteiger partial charge in [-0.2, -0.15) is 0 Å². The molecule has 118 valence electrons. The van der Waals surface area contributed by atoms with E-state index in [1.807, 2.05) is 18.2 Å². The molecule has 0 aliphatic heterocycles. The highest BCUT2D eigenvalue weighted by Crippen LogP contribution is 2.06. The molecule has 0 radical (unpaired) electrons. The summed E-state index contributed by atoms with van der Waals surface area (Å²) >= 11 is 0. The van der Waals surface area contributed by atoms with Gasteiger partial charge < -0.3 is 16.2 Å². The summed E-state index contributed by atoms with van der Waals surface area (Å²) in [6.45, 7) is 3.66. The lowest BCUT2D eigenvalue weighted by atomic mass is 10.0. The molecule has 0 aromatic carbocycles. The Morgan fingerprint density at radius 1 is 1.38 bits per heavy atom. The van der Waals surface area contributed by atoms with Crippen LogP contribution in [0, 0.1) is 5.92 Å². The van der Waals surface area contributed by atoms with Crippen molar-refractivity contribution in [2.75, 3.05) is 19.7 Å². The highest BCUT2D eigenvalue weighted by molar-refractivity contribution is 5.77. The standard InChI is InChI=1S/C16H28N4O/c1-2-3-4-6-10-19-16(17)20-12-14(13-21)11-15-8-5-7-9-18-15/h5,7-9,14,21H,2-4,6,10-13H2,1H3,(H3,17,19,20). The molecule has 1 atom stereocenters. The quantitative estimate of drug-likeness (QED) is 0.348. The molecule has 0 aliphatic carbocycles. The number of unbranched alkanes of at least 4 members (excludes halogenated alkanes) is 3. The Labute approximate surface area is 127 Å². The molecule has 5 nitrogen and oxygen atoms in total. The molecule has 0 amide bonds. The van der Waals surface area contributed by atoms with Crippen LogP contribution in [0.15, 0.2) is 29.4 Å². The Morgan fingerprint density at radius 2 is 2.24 bits per heavy atom. The minimum Gasteiger partial charge on any atom is -0.396 e. The zero-order chi connectivity index (χ0) is 15.3. The largest absolute Gasteiger partial charge is 0.396 e. The molecule has 21 heavy (non-hydrogen) atoms. The van der Waals surface area contributed by atoms with E-state index in [1.54, 1.807) is 6.20 Å². The molecule has 0 fully saturated rings. The van der Waals surface area contributed by atoms with E-state index in [2.05, 4.69) is 22.2 Å². The number of hydrogen-bond acceptors (Lipinski definition) is 3. The summed E-state index contributed by atoms with van der Waals surface area (Å²) in [5, 5.41) is 12.5. The fraction of sp³-hybridized carbons (Fsp3) is 0.625. The van der Waals surface area contributed by atoms with Crippen molar-refractivity contribution in [3.63, 3.8) is 0 Å². The summed E-state index contributed by atoms with van der Waals surface area (Å²) in [6, 6.07) is 5.80. The molecule has 0 saturated carbocycles. The predicted octanol–water partition coefficient (Wildman–Crippen LogP) is 1.72. The van der Waals surface area contributed by atoms with Crippen molar-refractivity contribution in [3.8, 4) is 0 Å². The predicted molar refractivity (Wildman–Crippen MR) is 87.2 cm³/mol. The van der Waals surface area contributed by atoms with Crippen LogP contribution in [0.5, 0.6) is 0 Å². The topological polar surface area (TPSA) is 83.5 Å². The zero-order valence-corrected chi connectivity index (χ0v) is 13.0. The number of aromatic nitrogens is 1. The smallest absolute Gasteiger partial charge is 0.188 e. The highest BCUT2D eigenvalue weighted by Gasteiger charge is 2.09. The van der Waals surface area contributed by atoms with E-state index in [4.69, 9.17) is 5.73 Å². The molecule has 1 unspecified atom stereocenters. The second-order valence-corrected chi connectivity index (χ2v) is 5.29. The molecule has 0 aliphatic rings. The van der Waals surface area contributed by atoms with Crippen LogP contribution >= 0.6 is 0 Å². The number of pyridine rings is 1. The van der Waals surface area contributed by atoms with Gasteiger partial charge in [-0.3, -0.25) is 9.98 Å². The number of aliphatic hydroxyl groups excluding tert-OH is 1. The number of nitrogens with two attached hydrogens (primary N) is 1. The van der Waals surface area contributed by atoms with Gasteiger partial charge in [-0.15, -0.1) is 0 Å². The van der Waals surface area contributed by atoms with Gasteiger partial charge >= 0.3 is 0 Å². The Balaban J connectivity index is 2.27. The van der Waals surface area contributed by atoms with Crippen LogP contribution in [0.25, 0.3) is 0 Å². The number of aliphatic hydroxyl groups is 1. The molecule has 0 saturated heterocycles. The fourth-order valence-corrected chi connectivity index (χ4v) is 2.05. The zero-order valence-electron chi connectivity index (χ0n) is 13.0. The van der Waals surface area contributed by atoms with Crippen molar-refractivity contribution in [1.82, 2.24) is 10.3 Å². The van der Waals surface area contributed by atoms with Gasteiger partial charge in [-0.05, 0) is 25.0 Å². The number of aliphatic imine (C=N–C) groups is 1. The van der Waals surface area contributed by atoms with Gasteiger partial charge in [0.25, 0.3) is 0 Å². The van der Waals surface area contributed by atoms with Crippen molar-refractivity contribution in [1.29, 1.82) is 0 Å². The lowest BCUT2D eigenvalue weighted by Gasteiger charge is -2.12. The van der Waals surface area contributed by atoms with Crippen molar-refractivity contribution < 1.29 is 5.11 Å². The maximum atomic E-state index is 9.42. The molecule has 0 bridgehead atoms. The molecular weight excluding hydrogens is 264 g/mol. The number of rotatable bonds is 10. The van der Waals surface area contributed by atoms with Gasteiger partial charge in [0, 0.05) is 37.5 Å². The second-order valence-electron chi connectivity index (χ2n) is 5.29. The van der Waals surface area contributed by atoms with Gasteiger partial charge in [0.05, 0.1) is 0 Å². The molecule has 0 spiro atoms. The molecule has 1 aromatic rings. The average molecular weight is 292 g/mol. The summed E-state index contributed by atoms with van der Waals surface area (Å²) in [7, 11) is 0. The van der Waals surface area contributed by atoms with Crippen molar-refractivity contribution in [2.24, 2.45) is 16.6 Å². The Morgan fingerprint density at radius 3 is 2.90 bits per heavy atom. The lowest BCUT2D eigenvalue weighted by molar-refractivity contribution is 0.229. The van der Waals surface area contributed by atoms with Crippen LogP contribution in [0.1, 0.15) is 38.3 Å². The van der Waals surface area contributed by atoms with Crippen molar-refractivity contribution >= 4 is 5.96 Å². The lowest BCUT2D eigenvalue weighted by Crippen LogP contribution is -2.33. The highest BCUT2D eigenvalue weighted by atomic mass is 16.3. The van der Waals surface area contributed by atoms with Crippen LogP contribution in [-0.4, -0.2) is 35.7 Å². The molecular formula is C16H28N4O. The van der Waals surface area contributed by atoms with Gasteiger partial charge in [0.1, 0.15) is 0 Å². The summed E-state index contributed by atoms with van der Waals surface area (Å²) < 4.78 is 0. The SMILES string of the molecule is CCCCCCNC(N)=NCC(CO)Cc1ccccn1. The number of guanidine groups is 1. The Kier molecular flexibility index (Phi) is 9.20. The third-order valence-corrected chi connectivity index (χ3v) is 3.34. The minimum atomic E-state index is 0.0559.